The molecule has 0 spiro atoms. The lowest BCUT2D eigenvalue weighted by Crippen LogP contribution is -2.31. The summed E-state index contributed by atoms with van der Waals surface area (Å²) in [6, 6.07) is 7.87. The Kier molecular flexibility index (Phi) is 3.97. The Hall–Kier alpha value is -2.39. The number of imidazole rings is 1. The third-order valence-electron chi connectivity index (χ3n) is 5.53. The van der Waals surface area contributed by atoms with Gasteiger partial charge >= 0.3 is 0 Å². The van der Waals surface area contributed by atoms with Gasteiger partial charge in [-0.05, 0) is 50.3 Å². The van der Waals surface area contributed by atoms with E-state index in [9.17, 15) is 9.90 Å². The summed E-state index contributed by atoms with van der Waals surface area (Å²) in [6.07, 6.45) is 6.70. The number of nitrogens with zero attached hydrogens (tertiary/aromatic N) is 3. The number of hydrogen-bond donors (Lipinski definition) is 2. The first kappa shape index (κ1) is 16.1. The number of anilines is 1. The van der Waals surface area contributed by atoms with E-state index in [-0.39, 0.29) is 12.3 Å². The van der Waals surface area contributed by atoms with Gasteiger partial charge in [0, 0.05) is 6.04 Å². The van der Waals surface area contributed by atoms with Gasteiger partial charge in [-0.15, -0.1) is 0 Å². The summed E-state index contributed by atoms with van der Waals surface area (Å²) in [6.45, 7) is 0. The van der Waals surface area contributed by atoms with E-state index >= 15 is 0 Å². The summed E-state index contributed by atoms with van der Waals surface area (Å²) in [5, 5.41) is 22.5. The molecule has 4 rings (SSSR count). The molecule has 2 aromatic rings. The fourth-order valence-corrected chi connectivity index (χ4v) is 3.94. The van der Waals surface area contributed by atoms with Gasteiger partial charge in [-0.25, -0.2) is 4.98 Å². The molecule has 6 nitrogen and oxygen atoms in total. The number of amides is 1. The number of rotatable bonds is 4. The molecule has 2 aliphatic rings. The van der Waals surface area contributed by atoms with Crippen LogP contribution in [0.1, 0.15) is 63.0 Å². The number of carbonyl (C=O) groups is 1. The van der Waals surface area contributed by atoms with Crippen LogP contribution >= 0.6 is 0 Å². The van der Waals surface area contributed by atoms with Crippen LogP contribution in [0.15, 0.2) is 18.2 Å². The number of benzene rings is 1. The maximum atomic E-state index is 12.5. The number of carbonyl (C=O) groups excluding carboxylic acids is 1. The van der Waals surface area contributed by atoms with Crippen molar-refractivity contribution in [3.63, 3.8) is 0 Å². The van der Waals surface area contributed by atoms with Gasteiger partial charge in [0.2, 0.25) is 11.9 Å². The third kappa shape index (κ3) is 3.00. The Morgan fingerprint density at radius 2 is 2.12 bits per heavy atom. The number of fused-ring (bicyclic) bond motifs is 1. The van der Waals surface area contributed by atoms with Crippen LogP contribution in [0, 0.1) is 11.3 Å². The molecule has 6 heteroatoms. The average molecular weight is 338 g/mol. The maximum Gasteiger partial charge on any atom is 0.229 e. The van der Waals surface area contributed by atoms with Crippen molar-refractivity contribution < 1.29 is 9.90 Å². The topological polar surface area (TPSA) is 90.9 Å². The van der Waals surface area contributed by atoms with Gasteiger partial charge in [-0.3, -0.25) is 10.1 Å². The van der Waals surface area contributed by atoms with E-state index in [1.54, 1.807) is 6.07 Å². The van der Waals surface area contributed by atoms with Gasteiger partial charge < -0.3 is 9.67 Å². The maximum absolute atomic E-state index is 12.5. The first-order chi connectivity index (χ1) is 12.1. The molecule has 2 fully saturated rings. The first-order valence-electron chi connectivity index (χ1n) is 9.02. The van der Waals surface area contributed by atoms with Crippen molar-refractivity contribution >= 4 is 22.9 Å². The van der Waals surface area contributed by atoms with Crippen molar-refractivity contribution in [1.29, 1.82) is 5.26 Å². The lowest BCUT2D eigenvalue weighted by molar-refractivity contribution is -0.120. The van der Waals surface area contributed by atoms with E-state index in [0.29, 0.717) is 30.4 Å². The van der Waals surface area contributed by atoms with Crippen LogP contribution in [0.2, 0.25) is 0 Å². The molecule has 1 heterocycles. The van der Waals surface area contributed by atoms with Crippen molar-refractivity contribution in [3.05, 3.63) is 23.8 Å². The molecule has 0 aliphatic heterocycles. The Balaban J connectivity index is 1.64. The fourth-order valence-electron chi connectivity index (χ4n) is 3.94. The quantitative estimate of drug-likeness (QED) is 0.895. The Morgan fingerprint density at radius 1 is 1.36 bits per heavy atom. The van der Waals surface area contributed by atoms with Crippen LogP contribution in [0.25, 0.3) is 11.0 Å². The predicted octanol–water partition coefficient (Wildman–Crippen LogP) is 3.27. The van der Waals surface area contributed by atoms with Crippen LogP contribution in [0.3, 0.4) is 0 Å². The molecule has 2 N–H and O–H groups in total. The molecule has 1 aromatic heterocycles. The lowest BCUT2D eigenvalue weighted by Gasteiger charge is -2.29. The van der Waals surface area contributed by atoms with Crippen LogP contribution in [-0.4, -0.2) is 26.2 Å². The smallest absolute Gasteiger partial charge is 0.229 e. The van der Waals surface area contributed by atoms with Gasteiger partial charge in [-0.2, -0.15) is 5.26 Å². The zero-order chi connectivity index (χ0) is 17.4. The highest BCUT2D eigenvalue weighted by molar-refractivity contribution is 5.92. The highest BCUT2D eigenvalue weighted by Gasteiger charge is 2.34. The second kappa shape index (κ2) is 6.16. The molecule has 0 radical (unpaired) electrons. The van der Waals surface area contributed by atoms with E-state index in [1.165, 1.54) is 0 Å². The van der Waals surface area contributed by atoms with Crippen LogP contribution in [-0.2, 0) is 4.79 Å². The van der Waals surface area contributed by atoms with E-state index in [2.05, 4.69) is 20.9 Å². The molecule has 2 aliphatic carbocycles. The number of aliphatic hydroxyl groups is 1. The minimum absolute atomic E-state index is 0.115. The Morgan fingerprint density at radius 3 is 2.76 bits per heavy atom. The van der Waals surface area contributed by atoms with Crippen molar-refractivity contribution in [2.45, 2.75) is 63.0 Å². The summed E-state index contributed by atoms with van der Waals surface area (Å²) in [5.41, 5.74) is 1.39. The van der Waals surface area contributed by atoms with E-state index in [4.69, 9.17) is 5.26 Å². The third-order valence-corrected chi connectivity index (χ3v) is 5.53. The van der Waals surface area contributed by atoms with Crippen molar-refractivity contribution in [2.75, 3.05) is 5.32 Å². The van der Waals surface area contributed by atoms with Crippen molar-refractivity contribution in [2.24, 2.45) is 0 Å². The van der Waals surface area contributed by atoms with Crippen LogP contribution in [0.4, 0.5) is 5.95 Å². The van der Waals surface area contributed by atoms with Crippen molar-refractivity contribution in [1.82, 2.24) is 9.55 Å². The van der Waals surface area contributed by atoms with Crippen LogP contribution in [0.5, 0.6) is 0 Å². The molecule has 25 heavy (non-hydrogen) atoms. The van der Waals surface area contributed by atoms with Crippen molar-refractivity contribution in [3.8, 4) is 6.07 Å². The fraction of sp³-hybridized carbons (Fsp3) is 0.526. The Bertz CT molecular complexity index is 854. The highest BCUT2D eigenvalue weighted by atomic mass is 16.3. The molecule has 0 saturated heterocycles. The van der Waals surface area contributed by atoms with E-state index < -0.39 is 5.60 Å². The summed E-state index contributed by atoms with van der Waals surface area (Å²) < 4.78 is 2.05. The molecular formula is C19H22N4O2. The predicted molar refractivity (Wildman–Crippen MR) is 94.0 cm³/mol. The number of nitriles is 1. The molecule has 1 amide bonds. The molecule has 0 unspecified atom stereocenters. The summed E-state index contributed by atoms with van der Waals surface area (Å²) >= 11 is 0. The summed E-state index contributed by atoms with van der Waals surface area (Å²) in [5.74, 6) is 0.335. The SMILES string of the molecule is N#Cc1ccc2nc(NC(=O)CC3(O)CCCC3)n(C3CCC3)c2c1. The normalized spacial score (nSPS) is 19.5. The standard InChI is InChI=1S/C19H22N4O2/c20-12-13-6-7-15-16(10-13)23(14-4-3-5-14)18(21-15)22-17(24)11-19(25)8-1-2-9-19/h6-7,10,14,25H,1-5,8-9,11H2,(H,21,22,24). The second-order valence-electron chi connectivity index (χ2n) is 7.36. The molecule has 130 valence electrons. The van der Waals surface area contributed by atoms with Gasteiger partial charge in [0.25, 0.3) is 0 Å². The zero-order valence-corrected chi connectivity index (χ0v) is 14.2. The summed E-state index contributed by atoms with van der Waals surface area (Å²) in [7, 11) is 0. The highest BCUT2D eigenvalue weighted by Crippen LogP contribution is 2.38. The van der Waals surface area contributed by atoms with Crippen LogP contribution < -0.4 is 5.32 Å². The largest absolute Gasteiger partial charge is 0.389 e. The van der Waals surface area contributed by atoms with Gasteiger partial charge in [0.1, 0.15) is 0 Å². The number of aromatic nitrogens is 2. The van der Waals surface area contributed by atoms with Gasteiger partial charge in [0.15, 0.2) is 0 Å². The van der Waals surface area contributed by atoms with E-state index in [0.717, 1.165) is 43.1 Å². The van der Waals surface area contributed by atoms with E-state index in [1.807, 2.05) is 12.1 Å². The van der Waals surface area contributed by atoms with Gasteiger partial charge in [0.05, 0.1) is 34.7 Å². The van der Waals surface area contributed by atoms with Gasteiger partial charge in [-0.1, -0.05) is 12.8 Å². The Labute approximate surface area is 146 Å². The number of hydrogen-bond acceptors (Lipinski definition) is 4. The lowest BCUT2D eigenvalue weighted by atomic mass is 9.92. The minimum Gasteiger partial charge on any atom is -0.389 e. The molecule has 0 atom stereocenters. The molecule has 0 bridgehead atoms. The molecule has 2 saturated carbocycles. The number of nitrogens with one attached hydrogen (secondary N) is 1. The monoisotopic (exact) mass is 338 g/mol. The summed E-state index contributed by atoms with van der Waals surface area (Å²) in [4.78, 5) is 17.0. The first-order valence-corrected chi connectivity index (χ1v) is 9.02. The molecule has 1 aromatic carbocycles. The minimum atomic E-state index is -0.870. The second-order valence-corrected chi connectivity index (χ2v) is 7.36. The molecular weight excluding hydrogens is 316 g/mol. The average Bonchev–Trinajstić information content (AvgIpc) is 3.10. The zero-order valence-electron chi connectivity index (χ0n) is 14.2.